The predicted octanol–water partition coefficient (Wildman–Crippen LogP) is -0.241. The van der Waals surface area contributed by atoms with Crippen molar-refractivity contribution in [3.8, 4) is 0 Å². The van der Waals surface area contributed by atoms with E-state index < -0.39 is 18.2 Å². The molecule has 2 atom stereocenters. The Bertz CT molecular complexity index is 143. The molecule has 0 amide bonds. The van der Waals surface area contributed by atoms with Crippen LogP contribution in [0.1, 0.15) is 12.8 Å². The van der Waals surface area contributed by atoms with E-state index in [1.807, 2.05) is 0 Å². The molecule has 0 fully saturated rings. The van der Waals surface area contributed by atoms with Gasteiger partial charge in [0, 0.05) is 6.42 Å². The lowest BCUT2D eigenvalue weighted by Crippen LogP contribution is -2.18. The van der Waals surface area contributed by atoms with Crippen molar-refractivity contribution in [2.75, 3.05) is 0 Å². The van der Waals surface area contributed by atoms with E-state index in [-0.39, 0.29) is 12.8 Å². The number of hydrogen-bond acceptors (Lipinski definition) is 3. The van der Waals surface area contributed by atoms with E-state index in [0.29, 0.717) is 0 Å². The third-order valence-corrected chi connectivity index (χ3v) is 1.20. The van der Waals surface area contributed by atoms with Crippen LogP contribution in [0.15, 0.2) is 12.7 Å². The van der Waals surface area contributed by atoms with Gasteiger partial charge in [-0.1, -0.05) is 6.08 Å². The molecule has 0 spiro atoms. The molecule has 0 aliphatic rings. The fourth-order valence-corrected chi connectivity index (χ4v) is 0.660. The van der Waals surface area contributed by atoms with Crippen molar-refractivity contribution in [3.63, 3.8) is 0 Å². The molecule has 4 heteroatoms. The monoisotopic (exact) mass is 160 g/mol. The van der Waals surface area contributed by atoms with Crippen molar-refractivity contribution in [1.82, 2.24) is 0 Å². The summed E-state index contributed by atoms with van der Waals surface area (Å²) in [4.78, 5) is 10.0. The first-order valence-electron chi connectivity index (χ1n) is 3.26. The largest absolute Gasteiger partial charge is 0.481 e. The Balaban J connectivity index is 3.59. The van der Waals surface area contributed by atoms with Crippen LogP contribution < -0.4 is 0 Å². The third-order valence-electron chi connectivity index (χ3n) is 1.20. The lowest BCUT2D eigenvalue weighted by molar-refractivity contribution is -0.139. The maximum absolute atomic E-state index is 10.0. The number of aliphatic hydroxyl groups is 2. The van der Waals surface area contributed by atoms with Crippen LogP contribution in [0.25, 0.3) is 0 Å². The number of carboxylic acids is 1. The van der Waals surface area contributed by atoms with Crippen LogP contribution in [0.2, 0.25) is 0 Å². The van der Waals surface area contributed by atoms with Crippen LogP contribution in [0.5, 0.6) is 0 Å². The van der Waals surface area contributed by atoms with Crippen molar-refractivity contribution in [1.29, 1.82) is 0 Å². The predicted molar refractivity (Wildman–Crippen MR) is 39.1 cm³/mol. The van der Waals surface area contributed by atoms with Gasteiger partial charge in [0.15, 0.2) is 0 Å². The van der Waals surface area contributed by atoms with Crippen LogP contribution in [0.3, 0.4) is 0 Å². The highest BCUT2D eigenvalue weighted by atomic mass is 16.4. The lowest BCUT2D eigenvalue weighted by atomic mass is 10.1. The summed E-state index contributed by atoms with van der Waals surface area (Å²) in [5, 5.41) is 26.0. The molecular formula is C7H12O4. The molecule has 11 heavy (non-hydrogen) atoms. The maximum Gasteiger partial charge on any atom is 0.305 e. The highest BCUT2D eigenvalue weighted by Crippen LogP contribution is 2.02. The van der Waals surface area contributed by atoms with Crippen LogP contribution in [0.4, 0.5) is 0 Å². The minimum absolute atomic E-state index is 0.0236. The summed E-state index contributed by atoms with van der Waals surface area (Å²) >= 11 is 0. The van der Waals surface area contributed by atoms with Gasteiger partial charge in [0.25, 0.3) is 0 Å². The number of carboxylic acid groups (broad SMARTS) is 1. The van der Waals surface area contributed by atoms with Gasteiger partial charge in [-0.3, -0.25) is 4.79 Å². The Kier molecular flexibility index (Phi) is 4.49. The molecule has 0 aliphatic heterocycles. The zero-order valence-electron chi connectivity index (χ0n) is 6.10. The first-order valence-corrected chi connectivity index (χ1v) is 3.26. The second kappa shape index (κ2) is 4.87. The summed E-state index contributed by atoms with van der Waals surface area (Å²) in [6.45, 7) is 3.28. The normalized spacial score (nSPS) is 15.5. The molecule has 0 aromatic heterocycles. The minimum Gasteiger partial charge on any atom is -0.481 e. The van der Waals surface area contributed by atoms with Gasteiger partial charge in [0.2, 0.25) is 0 Å². The number of carbonyl (C=O) groups is 1. The van der Waals surface area contributed by atoms with Gasteiger partial charge in [0.05, 0.1) is 18.6 Å². The van der Waals surface area contributed by atoms with Gasteiger partial charge in [-0.15, -0.1) is 6.58 Å². The zero-order valence-corrected chi connectivity index (χ0v) is 6.10. The van der Waals surface area contributed by atoms with Crippen molar-refractivity contribution < 1.29 is 20.1 Å². The van der Waals surface area contributed by atoms with Crippen molar-refractivity contribution in [2.24, 2.45) is 0 Å². The molecule has 0 aliphatic carbocycles. The quantitative estimate of drug-likeness (QED) is 0.485. The Morgan fingerprint density at radius 3 is 2.45 bits per heavy atom. The fourth-order valence-electron chi connectivity index (χ4n) is 0.660. The summed E-state index contributed by atoms with van der Waals surface area (Å²) in [5.41, 5.74) is 0. The van der Waals surface area contributed by atoms with E-state index in [1.165, 1.54) is 6.08 Å². The first-order chi connectivity index (χ1) is 5.06. The van der Waals surface area contributed by atoms with Gasteiger partial charge in [-0.05, 0) is 0 Å². The van der Waals surface area contributed by atoms with Gasteiger partial charge in [-0.2, -0.15) is 0 Å². The number of aliphatic carboxylic acids is 1. The van der Waals surface area contributed by atoms with Crippen LogP contribution >= 0.6 is 0 Å². The lowest BCUT2D eigenvalue weighted by Gasteiger charge is -2.09. The summed E-state index contributed by atoms with van der Waals surface area (Å²) in [7, 11) is 0. The van der Waals surface area contributed by atoms with Gasteiger partial charge in [-0.25, -0.2) is 0 Å². The Morgan fingerprint density at radius 2 is 2.09 bits per heavy atom. The Hall–Kier alpha value is -0.870. The number of hydrogen-bond donors (Lipinski definition) is 3. The molecule has 0 radical (unpaired) electrons. The van der Waals surface area contributed by atoms with E-state index in [0.717, 1.165) is 0 Å². The first kappa shape index (κ1) is 10.1. The van der Waals surface area contributed by atoms with E-state index >= 15 is 0 Å². The summed E-state index contributed by atoms with van der Waals surface area (Å²) in [6.07, 6.45) is -0.893. The zero-order chi connectivity index (χ0) is 8.85. The molecule has 0 rings (SSSR count). The smallest absolute Gasteiger partial charge is 0.305 e. The third kappa shape index (κ3) is 5.57. The molecule has 4 nitrogen and oxygen atoms in total. The van der Waals surface area contributed by atoms with Crippen LogP contribution in [0, 0.1) is 0 Å². The molecule has 0 heterocycles. The maximum atomic E-state index is 10.0. The van der Waals surface area contributed by atoms with E-state index in [9.17, 15) is 4.79 Å². The summed E-state index contributed by atoms with van der Waals surface area (Å²) in [5.74, 6) is -1.08. The summed E-state index contributed by atoms with van der Waals surface area (Å²) < 4.78 is 0. The van der Waals surface area contributed by atoms with E-state index in [1.54, 1.807) is 0 Å². The standard InChI is InChI=1S/C7H12O4/c1-2-5(8)3-6(9)4-7(10)11/h2,5-6,8-9H,1,3-4H2,(H,10,11)/t5-,6+/m1/s1. The highest BCUT2D eigenvalue weighted by molar-refractivity contribution is 5.67. The molecular weight excluding hydrogens is 148 g/mol. The molecule has 0 aromatic carbocycles. The van der Waals surface area contributed by atoms with Gasteiger partial charge >= 0.3 is 5.97 Å². The van der Waals surface area contributed by atoms with Crippen molar-refractivity contribution in [2.45, 2.75) is 25.0 Å². The van der Waals surface area contributed by atoms with Crippen molar-refractivity contribution >= 4 is 5.97 Å². The second-order valence-electron chi connectivity index (χ2n) is 2.29. The van der Waals surface area contributed by atoms with Gasteiger partial charge in [0.1, 0.15) is 0 Å². The molecule has 0 saturated heterocycles. The highest BCUT2D eigenvalue weighted by Gasteiger charge is 2.12. The molecule has 0 unspecified atom stereocenters. The molecule has 64 valence electrons. The van der Waals surface area contributed by atoms with Gasteiger partial charge < -0.3 is 15.3 Å². The Morgan fingerprint density at radius 1 is 1.55 bits per heavy atom. The molecule has 3 N–H and O–H groups in total. The van der Waals surface area contributed by atoms with E-state index in [4.69, 9.17) is 15.3 Å². The molecule has 0 saturated carbocycles. The SMILES string of the molecule is C=C[C@@H](O)C[C@H](O)CC(=O)O. The van der Waals surface area contributed by atoms with Crippen molar-refractivity contribution in [3.05, 3.63) is 12.7 Å². The van der Waals surface area contributed by atoms with Crippen LogP contribution in [-0.4, -0.2) is 33.5 Å². The average molecular weight is 160 g/mol. The fraction of sp³-hybridized carbons (Fsp3) is 0.571. The number of aliphatic hydroxyl groups excluding tert-OH is 2. The summed E-state index contributed by atoms with van der Waals surface area (Å²) in [6, 6.07) is 0. The van der Waals surface area contributed by atoms with Crippen LogP contribution in [-0.2, 0) is 4.79 Å². The molecule has 0 aromatic rings. The number of rotatable bonds is 5. The topological polar surface area (TPSA) is 77.8 Å². The minimum atomic E-state index is -1.08. The Labute approximate surface area is 64.8 Å². The molecule has 0 bridgehead atoms. The second-order valence-corrected chi connectivity index (χ2v) is 2.29. The average Bonchev–Trinajstić information content (AvgIpc) is 1.85. The van der Waals surface area contributed by atoms with E-state index in [2.05, 4.69) is 6.58 Å².